The Morgan fingerprint density at radius 3 is 2.72 bits per heavy atom. The molecule has 10 nitrogen and oxygen atoms in total. The Morgan fingerprint density at radius 1 is 1.31 bits per heavy atom. The van der Waals surface area contributed by atoms with Gasteiger partial charge in [0.15, 0.2) is 9.84 Å². The fourth-order valence-electron chi connectivity index (χ4n) is 3.86. The Hall–Kier alpha value is -3.05. The van der Waals surface area contributed by atoms with Gasteiger partial charge in [-0.15, -0.1) is 0 Å². The highest BCUT2D eigenvalue weighted by molar-refractivity contribution is 7.93. The van der Waals surface area contributed by atoms with Gasteiger partial charge in [0, 0.05) is 5.69 Å². The first-order chi connectivity index (χ1) is 15.0. The highest BCUT2D eigenvalue weighted by Crippen LogP contribution is 2.42. The number of sulfone groups is 1. The lowest BCUT2D eigenvalue weighted by Crippen LogP contribution is -2.57. The van der Waals surface area contributed by atoms with E-state index in [1.54, 1.807) is 39.0 Å². The van der Waals surface area contributed by atoms with Crippen molar-refractivity contribution >= 4 is 27.3 Å². The van der Waals surface area contributed by atoms with Crippen molar-refractivity contribution < 1.29 is 22.7 Å². The molecule has 1 spiro atoms. The number of amidine groups is 1. The average Bonchev–Trinajstić information content (AvgIpc) is 2.72. The number of hydrogen-bond donors (Lipinski definition) is 2. The zero-order chi connectivity index (χ0) is 23.3. The first-order valence-electron chi connectivity index (χ1n) is 9.97. The second kappa shape index (κ2) is 7.52. The smallest absolute Gasteiger partial charge is 0.276 e. The normalized spacial score (nSPS) is 23.2. The molecule has 4 rings (SSSR count). The van der Waals surface area contributed by atoms with Gasteiger partial charge in [-0.1, -0.05) is 6.07 Å². The first kappa shape index (κ1) is 22.2. The molecule has 0 saturated heterocycles. The van der Waals surface area contributed by atoms with Crippen molar-refractivity contribution in [3.8, 4) is 5.88 Å². The molecule has 1 amide bonds. The van der Waals surface area contributed by atoms with Crippen LogP contribution in [0.3, 0.4) is 0 Å². The summed E-state index contributed by atoms with van der Waals surface area (Å²) in [6.07, 6.45) is 1.37. The molecule has 1 aromatic heterocycles. The van der Waals surface area contributed by atoms with Gasteiger partial charge in [0.05, 0.1) is 38.0 Å². The van der Waals surface area contributed by atoms with Crippen LogP contribution in [0.1, 0.15) is 41.2 Å². The van der Waals surface area contributed by atoms with Crippen LogP contribution in [0.5, 0.6) is 5.88 Å². The third kappa shape index (κ3) is 3.51. The number of aromatic nitrogens is 2. The van der Waals surface area contributed by atoms with Crippen LogP contribution in [-0.2, 0) is 26.7 Å². The highest BCUT2D eigenvalue weighted by atomic mass is 32.2. The number of fused-ring (bicyclic) bond motifs is 2. The largest absolute Gasteiger partial charge is 0.480 e. The number of carbonyl (C=O) groups is 1. The molecule has 3 heterocycles. The maximum atomic E-state index is 13.0. The summed E-state index contributed by atoms with van der Waals surface area (Å²) in [6, 6.07) is 5.24. The number of nitrogens with one attached hydrogen (secondary N) is 1. The summed E-state index contributed by atoms with van der Waals surface area (Å²) in [6.45, 7) is 5.15. The molecule has 1 aromatic carbocycles. The van der Waals surface area contributed by atoms with Crippen molar-refractivity contribution in [1.82, 2.24) is 9.97 Å². The Labute approximate surface area is 186 Å². The predicted octanol–water partition coefficient (Wildman–Crippen LogP) is 1.34. The first-order valence-corrected chi connectivity index (χ1v) is 11.6. The molecule has 0 fully saturated rings. The van der Waals surface area contributed by atoms with Crippen LogP contribution in [0.2, 0.25) is 0 Å². The van der Waals surface area contributed by atoms with Crippen LogP contribution in [0, 0.1) is 6.92 Å². The molecule has 0 saturated carbocycles. The SMILES string of the molecule is COc1cnc(C(=O)Nc2ccc3c(c2)C2(COC3)CS(=O)(=O)C(C)(C)C(N)=N2)c(C)n1. The van der Waals surface area contributed by atoms with Gasteiger partial charge in [-0.3, -0.25) is 9.79 Å². The quantitative estimate of drug-likeness (QED) is 0.699. The molecule has 2 aliphatic rings. The van der Waals surface area contributed by atoms with E-state index in [2.05, 4.69) is 20.3 Å². The summed E-state index contributed by atoms with van der Waals surface area (Å²) < 4.78 is 35.5. The molecule has 1 unspecified atom stereocenters. The van der Waals surface area contributed by atoms with E-state index in [9.17, 15) is 13.2 Å². The Bertz CT molecular complexity index is 1240. The highest BCUT2D eigenvalue weighted by Gasteiger charge is 2.52. The van der Waals surface area contributed by atoms with E-state index in [1.165, 1.54) is 13.3 Å². The third-order valence-electron chi connectivity index (χ3n) is 5.97. The van der Waals surface area contributed by atoms with Gasteiger partial charge in [-0.25, -0.2) is 18.4 Å². The molecule has 2 aliphatic heterocycles. The minimum atomic E-state index is -3.61. The van der Waals surface area contributed by atoms with E-state index in [0.717, 1.165) is 5.56 Å². The van der Waals surface area contributed by atoms with Gasteiger partial charge in [-0.2, -0.15) is 0 Å². The van der Waals surface area contributed by atoms with Crippen LogP contribution >= 0.6 is 0 Å². The number of benzene rings is 1. The summed E-state index contributed by atoms with van der Waals surface area (Å²) in [4.78, 5) is 25.7. The lowest BCUT2D eigenvalue weighted by atomic mass is 9.86. The molecule has 11 heteroatoms. The summed E-state index contributed by atoms with van der Waals surface area (Å²) in [5.74, 6) is -0.328. The second-order valence-electron chi connectivity index (χ2n) is 8.46. The number of carbonyl (C=O) groups excluding carboxylic acids is 1. The Balaban J connectivity index is 1.72. The van der Waals surface area contributed by atoms with Crippen molar-refractivity contribution in [2.24, 2.45) is 10.7 Å². The van der Waals surface area contributed by atoms with E-state index >= 15 is 0 Å². The predicted molar refractivity (Wildman–Crippen MR) is 119 cm³/mol. The monoisotopic (exact) mass is 459 g/mol. The summed E-state index contributed by atoms with van der Waals surface area (Å²) in [7, 11) is -2.14. The van der Waals surface area contributed by atoms with Crippen molar-refractivity contribution in [2.45, 2.75) is 37.7 Å². The van der Waals surface area contributed by atoms with Crippen molar-refractivity contribution in [3.05, 3.63) is 46.9 Å². The lowest BCUT2D eigenvalue weighted by molar-refractivity contribution is 0.0610. The van der Waals surface area contributed by atoms with E-state index in [0.29, 0.717) is 29.4 Å². The minimum absolute atomic E-state index is 0.0405. The van der Waals surface area contributed by atoms with Crippen LogP contribution in [0.4, 0.5) is 5.69 Å². The molecular weight excluding hydrogens is 434 g/mol. The van der Waals surface area contributed by atoms with Gasteiger partial charge in [0.1, 0.15) is 21.8 Å². The summed E-state index contributed by atoms with van der Waals surface area (Å²) >= 11 is 0. The fraction of sp³-hybridized carbons (Fsp3) is 0.429. The summed E-state index contributed by atoms with van der Waals surface area (Å²) in [5.41, 5.74) is 7.45. The zero-order valence-corrected chi connectivity index (χ0v) is 19.1. The number of aryl methyl sites for hydroxylation is 1. The molecule has 2 aromatic rings. The zero-order valence-electron chi connectivity index (χ0n) is 18.3. The maximum absolute atomic E-state index is 13.0. The topological polar surface area (TPSA) is 146 Å². The molecular formula is C21H25N5O5S. The Morgan fingerprint density at radius 2 is 2.06 bits per heavy atom. The number of nitrogens with two attached hydrogens (primary N) is 1. The van der Waals surface area contributed by atoms with Crippen molar-refractivity contribution in [2.75, 3.05) is 24.8 Å². The minimum Gasteiger partial charge on any atom is -0.480 e. The van der Waals surface area contributed by atoms with Gasteiger partial charge < -0.3 is 20.5 Å². The molecule has 3 N–H and O–H groups in total. The van der Waals surface area contributed by atoms with Gasteiger partial charge in [-0.05, 0) is 44.0 Å². The van der Waals surface area contributed by atoms with Crippen LogP contribution < -0.4 is 15.8 Å². The maximum Gasteiger partial charge on any atom is 0.276 e. The molecule has 0 radical (unpaired) electrons. The number of ether oxygens (including phenoxy) is 2. The number of hydrogen-bond acceptors (Lipinski definition) is 9. The van der Waals surface area contributed by atoms with Crippen LogP contribution in [-0.4, -0.2) is 54.3 Å². The molecule has 170 valence electrons. The number of amides is 1. The number of nitrogens with zero attached hydrogens (tertiary/aromatic N) is 3. The Kier molecular flexibility index (Phi) is 5.21. The van der Waals surface area contributed by atoms with E-state index in [1.807, 2.05) is 0 Å². The van der Waals surface area contributed by atoms with Crippen LogP contribution in [0.15, 0.2) is 29.4 Å². The molecule has 0 bridgehead atoms. The third-order valence-corrected chi connectivity index (χ3v) is 8.60. The van der Waals surface area contributed by atoms with Crippen molar-refractivity contribution in [3.63, 3.8) is 0 Å². The standard InChI is InChI=1S/C21H25N5O5S/c1-12-17(23-8-16(24-12)30-4)18(27)25-14-6-5-13-9-31-10-21(15(13)7-14)11-32(28,29)20(2,3)19(22)26-21/h5-8H,9-11H2,1-4H3,(H2,22,26)(H,25,27). The van der Waals surface area contributed by atoms with Gasteiger partial charge in [0.2, 0.25) is 5.88 Å². The number of rotatable bonds is 3. The number of anilines is 1. The van der Waals surface area contributed by atoms with Gasteiger partial charge >= 0.3 is 0 Å². The molecule has 32 heavy (non-hydrogen) atoms. The fourth-order valence-corrected chi connectivity index (χ4v) is 5.51. The number of aliphatic imine (C=N–C) groups is 1. The van der Waals surface area contributed by atoms with E-state index in [4.69, 9.17) is 15.2 Å². The van der Waals surface area contributed by atoms with Crippen LogP contribution in [0.25, 0.3) is 0 Å². The van der Waals surface area contributed by atoms with Crippen molar-refractivity contribution in [1.29, 1.82) is 0 Å². The average molecular weight is 460 g/mol. The lowest BCUT2D eigenvalue weighted by Gasteiger charge is -2.42. The number of methoxy groups -OCH3 is 1. The van der Waals surface area contributed by atoms with Gasteiger partial charge in [0.25, 0.3) is 5.91 Å². The second-order valence-corrected chi connectivity index (χ2v) is 11.0. The van der Waals surface area contributed by atoms with E-state index in [-0.39, 0.29) is 23.9 Å². The molecule has 1 atom stereocenters. The summed E-state index contributed by atoms with van der Waals surface area (Å²) in [5, 5.41) is 2.80. The van der Waals surface area contributed by atoms with E-state index < -0.39 is 26.0 Å². The molecule has 0 aliphatic carbocycles.